The Bertz CT molecular complexity index is 1410. The van der Waals surface area contributed by atoms with Gasteiger partial charge >= 0.3 is 5.69 Å². The van der Waals surface area contributed by atoms with Crippen molar-refractivity contribution in [2.75, 3.05) is 11.4 Å². The van der Waals surface area contributed by atoms with Gasteiger partial charge in [0.25, 0.3) is 5.56 Å². The van der Waals surface area contributed by atoms with Crippen molar-refractivity contribution in [3.63, 3.8) is 0 Å². The van der Waals surface area contributed by atoms with E-state index < -0.39 is 11.2 Å². The maximum absolute atomic E-state index is 13.9. The minimum Gasteiger partial charge on any atom is -0.349 e. The van der Waals surface area contributed by atoms with E-state index in [0.29, 0.717) is 30.8 Å². The monoisotopic (exact) mass is 451 g/mol. The summed E-state index contributed by atoms with van der Waals surface area (Å²) in [7, 11) is 0. The molecule has 0 saturated heterocycles. The molecule has 0 aliphatic carbocycles. The smallest absolute Gasteiger partial charge is 0.341 e. The molecule has 0 radical (unpaired) electrons. The lowest BCUT2D eigenvalue weighted by molar-refractivity contribution is 0.112. The molecule has 0 unspecified atom stereocenters. The highest BCUT2D eigenvalue weighted by Gasteiger charge is 2.25. The van der Waals surface area contributed by atoms with E-state index in [2.05, 4.69) is 0 Å². The third-order valence-electron chi connectivity index (χ3n) is 5.49. The van der Waals surface area contributed by atoms with Gasteiger partial charge in [-0.05, 0) is 36.8 Å². The second kappa shape index (κ2) is 10.4. The number of para-hydroxylation sites is 2. The molecular weight excluding hydrogens is 426 g/mol. The second-order valence-electron chi connectivity index (χ2n) is 7.72. The molecule has 0 saturated carbocycles. The van der Waals surface area contributed by atoms with Crippen LogP contribution in [-0.2, 0) is 6.54 Å². The van der Waals surface area contributed by atoms with Gasteiger partial charge in [-0.1, -0.05) is 78.9 Å². The Morgan fingerprint density at radius 3 is 1.82 bits per heavy atom. The van der Waals surface area contributed by atoms with Gasteiger partial charge in [0.1, 0.15) is 11.4 Å². The van der Waals surface area contributed by atoms with Crippen LogP contribution in [0.25, 0.3) is 11.4 Å². The Morgan fingerprint density at radius 1 is 0.765 bits per heavy atom. The fourth-order valence-corrected chi connectivity index (χ4v) is 3.91. The van der Waals surface area contributed by atoms with Gasteiger partial charge in [0.2, 0.25) is 0 Å². The van der Waals surface area contributed by atoms with Crippen molar-refractivity contribution in [3.8, 4) is 11.4 Å². The zero-order valence-corrected chi connectivity index (χ0v) is 18.9. The molecule has 0 N–H and O–H groups in total. The molecule has 170 valence electrons. The van der Waals surface area contributed by atoms with Crippen LogP contribution in [0.5, 0.6) is 0 Å². The number of benzene rings is 3. The largest absolute Gasteiger partial charge is 0.349 e. The van der Waals surface area contributed by atoms with Crippen LogP contribution < -0.4 is 16.1 Å². The molecule has 6 nitrogen and oxygen atoms in total. The summed E-state index contributed by atoms with van der Waals surface area (Å²) in [4.78, 5) is 41.7. The molecule has 1 aromatic heterocycles. The van der Waals surface area contributed by atoms with Crippen LogP contribution in [0.2, 0.25) is 0 Å². The van der Waals surface area contributed by atoms with Crippen molar-refractivity contribution in [3.05, 3.63) is 135 Å². The summed E-state index contributed by atoms with van der Waals surface area (Å²) < 4.78 is 2.50. The SMILES string of the molecule is C/C=C/CN(Cc1ccccc1)c1c(C=O)c(=O)n(-c2ccccc2)c(=O)n1-c1ccccc1. The van der Waals surface area contributed by atoms with Gasteiger partial charge in [-0.2, -0.15) is 0 Å². The lowest BCUT2D eigenvalue weighted by atomic mass is 10.2. The van der Waals surface area contributed by atoms with Gasteiger partial charge in [0.05, 0.1) is 11.4 Å². The van der Waals surface area contributed by atoms with E-state index in [1.165, 1.54) is 4.57 Å². The topological polar surface area (TPSA) is 64.3 Å². The van der Waals surface area contributed by atoms with Gasteiger partial charge in [0, 0.05) is 13.1 Å². The summed E-state index contributed by atoms with van der Waals surface area (Å²) in [6.45, 7) is 2.72. The summed E-state index contributed by atoms with van der Waals surface area (Å²) in [6, 6.07) is 27.4. The maximum atomic E-state index is 13.9. The molecule has 34 heavy (non-hydrogen) atoms. The van der Waals surface area contributed by atoms with Gasteiger partial charge < -0.3 is 4.90 Å². The summed E-state index contributed by atoms with van der Waals surface area (Å²) >= 11 is 0. The minimum absolute atomic E-state index is 0.0762. The van der Waals surface area contributed by atoms with Crippen LogP contribution in [0.1, 0.15) is 22.8 Å². The number of allylic oxidation sites excluding steroid dienone is 1. The molecule has 0 spiro atoms. The molecule has 0 aliphatic rings. The molecule has 0 atom stereocenters. The molecule has 4 rings (SSSR count). The van der Waals surface area contributed by atoms with Crippen molar-refractivity contribution in [2.45, 2.75) is 13.5 Å². The maximum Gasteiger partial charge on any atom is 0.341 e. The summed E-state index contributed by atoms with van der Waals surface area (Å²) in [5.74, 6) is 0.269. The number of carbonyl (C=O) groups is 1. The van der Waals surface area contributed by atoms with Crippen molar-refractivity contribution >= 4 is 12.1 Å². The number of hydrogen-bond acceptors (Lipinski definition) is 4. The number of nitrogens with zero attached hydrogens (tertiary/aromatic N) is 3. The molecule has 0 amide bonds. The zero-order valence-electron chi connectivity index (χ0n) is 18.9. The number of carbonyl (C=O) groups excluding carboxylic acids is 1. The lowest BCUT2D eigenvalue weighted by Crippen LogP contribution is -2.44. The van der Waals surface area contributed by atoms with E-state index in [-0.39, 0.29) is 11.4 Å². The van der Waals surface area contributed by atoms with Crippen LogP contribution >= 0.6 is 0 Å². The predicted molar refractivity (Wildman–Crippen MR) is 135 cm³/mol. The van der Waals surface area contributed by atoms with Gasteiger partial charge in [-0.25, -0.2) is 13.9 Å². The first-order chi connectivity index (χ1) is 16.7. The van der Waals surface area contributed by atoms with Crippen molar-refractivity contribution in [1.82, 2.24) is 9.13 Å². The van der Waals surface area contributed by atoms with Gasteiger partial charge in [0.15, 0.2) is 6.29 Å². The average molecular weight is 452 g/mol. The highest BCUT2D eigenvalue weighted by Crippen LogP contribution is 2.23. The Morgan fingerprint density at radius 2 is 1.29 bits per heavy atom. The first-order valence-corrected chi connectivity index (χ1v) is 11.0. The molecular formula is C28H25N3O3. The van der Waals surface area contributed by atoms with E-state index >= 15 is 0 Å². The zero-order chi connectivity index (χ0) is 23.9. The predicted octanol–water partition coefficient (Wildman–Crippen LogP) is 4.38. The van der Waals surface area contributed by atoms with Crippen LogP contribution in [0.4, 0.5) is 5.82 Å². The quantitative estimate of drug-likeness (QED) is 0.295. The first-order valence-electron chi connectivity index (χ1n) is 11.0. The highest BCUT2D eigenvalue weighted by atomic mass is 16.2. The number of aromatic nitrogens is 2. The van der Waals surface area contributed by atoms with E-state index in [0.717, 1.165) is 10.1 Å². The van der Waals surface area contributed by atoms with E-state index in [1.54, 1.807) is 42.5 Å². The first kappa shape index (κ1) is 22.7. The van der Waals surface area contributed by atoms with Gasteiger partial charge in [-0.15, -0.1) is 0 Å². The highest BCUT2D eigenvalue weighted by molar-refractivity contribution is 5.83. The van der Waals surface area contributed by atoms with Crippen molar-refractivity contribution < 1.29 is 4.79 Å². The summed E-state index contributed by atoms with van der Waals surface area (Å²) in [5, 5.41) is 0. The lowest BCUT2D eigenvalue weighted by Gasteiger charge is -2.28. The third kappa shape index (κ3) is 4.52. The normalized spacial score (nSPS) is 11.0. The second-order valence-corrected chi connectivity index (χ2v) is 7.72. The Balaban J connectivity index is 2.07. The summed E-state index contributed by atoms with van der Waals surface area (Å²) in [6.07, 6.45) is 4.37. The van der Waals surface area contributed by atoms with Crippen molar-refractivity contribution in [2.24, 2.45) is 0 Å². The van der Waals surface area contributed by atoms with Gasteiger partial charge in [-0.3, -0.25) is 9.59 Å². The molecule has 0 bridgehead atoms. The average Bonchev–Trinajstić information content (AvgIpc) is 2.88. The fraction of sp³-hybridized carbons (Fsp3) is 0.107. The summed E-state index contributed by atoms with van der Waals surface area (Å²) in [5.41, 5.74) is 0.693. The van der Waals surface area contributed by atoms with E-state index in [1.807, 2.05) is 72.5 Å². The molecule has 0 fully saturated rings. The molecule has 6 heteroatoms. The molecule has 1 heterocycles. The van der Waals surface area contributed by atoms with Crippen molar-refractivity contribution in [1.29, 1.82) is 0 Å². The van der Waals surface area contributed by atoms with Crippen LogP contribution in [0.3, 0.4) is 0 Å². The fourth-order valence-electron chi connectivity index (χ4n) is 3.91. The standard InChI is InChI=1S/C28H25N3O3/c1-2-3-19-29(20-22-13-7-4-8-14-22)26-25(21-32)27(33)31(24-17-11-6-12-18-24)28(34)30(26)23-15-9-5-10-16-23/h2-18,21H,19-20H2,1H3/b3-2+. The third-order valence-corrected chi connectivity index (χ3v) is 5.49. The number of anilines is 1. The number of aldehydes is 1. The molecule has 3 aromatic carbocycles. The van der Waals surface area contributed by atoms with E-state index in [4.69, 9.17) is 0 Å². The Labute approximate surface area is 197 Å². The number of rotatable bonds is 8. The molecule has 0 aliphatic heterocycles. The molecule has 4 aromatic rings. The van der Waals surface area contributed by atoms with E-state index in [9.17, 15) is 14.4 Å². The van der Waals surface area contributed by atoms with Crippen LogP contribution in [-0.4, -0.2) is 22.0 Å². The Hall–Kier alpha value is -4.45. The number of hydrogen-bond donors (Lipinski definition) is 0. The Kier molecular flexibility index (Phi) is 6.98. The minimum atomic E-state index is -0.646. The van der Waals surface area contributed by atoms with Crippen LogP contribution in [0, 0.1) is 0 Å². The van der Waals surface area contributed by atoms with Crippen LogP contribution in [0.15, 0.2) is 113 Å².